The fourth-order valence-corrected chi connectivity index (χ4v) is 1.45. The Morgan fingerprint density at radius 2 is 2.07 bits per heavy atom. The summed E-state index contributed by atoms with van der Waals surface area (Å²) in [7, 11) is 0. The summed E-state index contributed by atoms with van der Waals surface area (Å²) in [5.74, 6) is -0.442. The first-order chi connectivity index (χ1) is 7.14. The summed E-state index contributed by atoms with van der Waals surface area (Å²) in [4.78, 5) is 11.0. The molecule has 0 unspecified atom stereocenters. The van der Waals surface area contributed by atoms with E-state index in [1.807, 2.05) is 25.1 Å². The summed E-state index contributed by atoms with van der Waals surface area (Å²) in [5.41, 5.74) is -0.433. The van der Waals surface area contributed by atoms with E-state index in [0.29, 0.717) is 12.0 Å². The van der Waals surface area contributed by atoms with Crippen LogP contribution in [-0.2, 0) is 15.1 Å². The first kappa shape index (κ1) is 11.3. The van der Waals surface area contributed by atoms with E-state index in [2.05, 4.69) is 6.07 Å². The molecule has 0 spiro atoms. The zero-order valence-electron chi connectivity index (χ0n) is 8.86. The lowest BCUT2D eigenvalue weighted by Gasteiger charge is -2.24. The van der Waals surface area contributed by atoms with Gasteiger partial charge in [-0.3, -0.25) is 4.79 Å². The summed E-state index contributed by atoms with van der Waals surface area (Å²) in [6, 6.07) is 11.1. The number of nitrogens with zero attached hydrogens (tertiary/aromatic N) is 1. The SMILES string of the molecule is CC[C@](C#N)(OC(C)=O)c1ccccc1. The van der Waals surface area contributed by atoms with Gasteiger partial charge in [0.2, 0.25) is 5.60 Å². The van der Waals surface area contributed by atoms with Crippen LogP contribution in [0.2, 0.25) is 0 Å². The fourth-order valence-electron chi connectivity index (χ4n) is 1.45. The summed E-state index contributed by atoms with van der Waals surface area (Å²) >= 11 is 0. The molecule has 1 atom stereocenters. The van der Waals surface area contributed by atoms with Crippen LogP contribution in [0.15, 0.2) is 30.3 Å². The van der Waals surface area contributed by atoms with E-state index in [1.54, 1.807) is 12.1 Å². The van der Waals surface area contributed by atoms with Crippen molar-refractivity contribution in [2.45, 2.75) is 25.9 Å². The average molecular weight is 203 g/mol. The lowest BCUT2D eigenvalue weighted by molar-refractivity contribution is -0.152. The van der Waals surface area contributed by atoms with Crippen molar-refractivity contribution >= 4 is 5.97 Å². The van der Waals surface area contributed by atoms with Crippen LogP contribution in [-0.4, -0.2) is 5.97 Å². The molecule has 0 N–H and O–H groups in total. The molecule has 0 amide bonds. The predicted octanol–water partition coefficient (Wildman–Crippen LogP) is 2.38. The maximum atomic E-state index is 11.0. The Balaban J connectivity index is 3.13. The first-order valence-corrected chi connectivity index (χ1v) is 4.81. The number of carbonyl (C=O) groups is 1. The molecule has 1 aromatic carbocycles. The van der Waals surface area contributed by atoms with E-state index in [1.165, 1.54) is 6.92 Å². The van der Waals surface area contributed by atoms with Gasteiger partial charge in [-0.05, 0) is 0 Å². The first-order valence-electron chi connectivity index (χ1n) is 4.81. The highest BCUT2D eigenvalue weighted by atomic mass is 16.6. The molecule has 0 heterocycles. The molecular formula is C12H13NO2. The summed E-state index contributed by atoms with van der Waals surface area (Å²) in [5, 5.41) is 9.15. The molecule has 0 aliphatic rings. The lowest BCUT2D eigenvalue weighted by Crippen LogP contribution is -2.29. The number of ether oxygens (including phenoxy) is 1. The molecule has 78 valence electrons. The van der Waals surface area contributed by atoms with Crippen LogP contribution in [0.25, 0.3) is 0 Å². The van der Waals surface area contributed by atoms with Gasteiger partial charge in [-0.15, -0.1) is 0 Å². The molecule has 1 aromatic rings. The van der Waals surface area contributed by atoms with E-state index >= 15 is 0 Å². The van der Waals surface area contributed by atoms with Gasteiger partial charge in [-0.2, -0.15) is 5.26 Å². The van der Waals surface area contributed by atoms with Crippen molar-refractivity contribution in [1.82, 2.24) is 0 Å². The monoisotopic (exact) mass is 203 g/mol. The Labute approximate surface area is 89.3 Å². The normalized spacial score (nSPS) is 13.7. The Morgan fingerprint density at radius 1 is 1.47 bits per heavy atom. The molecule has 0 bridgehead atoms. The second kappa shape index (κ2) is 4.61. The minimum absolute atomic E-state index is 0.438. The summed E-state index contributed by atoms with van der Waals surface area (Å²) in [6.45, 7) is 3.13. The number of hydrogen-bond donors (Lipinski definition) is 0. The molecule has 15 heavy (non-hydrogen) atoms. The third kappa shape index (κ3) is 2.35. The molecule has 0 radical (unpaired) electrons. The van der Waals surface area contributed by atoms with Gasteiger partial charge in [0.1, 0.15) is 6.07 Å². The fraction of sp³-hybridized carbons (Fsp3) is 0.333. The minimum atomic E-state index is -1.15. The maximum Gasteiger partial charge on any atom is 0.304 e. The molecule has 0 aliphatic carbocycles. The van der Waals surface area contributed by atoms with Crippen molar-refractivity contribution in [2.24, 2.45) is 0 Å². The van der Waals surface area contributed by atoms with Crippen molar-refractivity contribution < 1.29 is 9.53 Å². The van der Waals surface area contributed by atoms with Crippen LogP contribution in [0, 0.1) is 11.3 Å². The van der Waals surface area contributed by atoms with E-state index in [9.17, 15) is 4.79 Å². The number of rotatable bonds is 3. The second-order valence-electron chi connectivity index (χ2n) is 3.25. The molecular weight excluding hydrogens is 190 g/mol. The van der Waals surface area contributed by atoms with Crippen LogP contribution in [0.4, 0.5) is 0 Å². The minimum Gasteiger partial charge on any atom is -0.439 e. The topological polar surface area (TPSA) is 50.1 Å². The van der Waals surface area contributed by atoms with Crippen LogP contribution in [0.5, 0.6) is 0 Å². The van der Waals surface area contributed by atoms with Crippen molar-refractivity contribution in [1.29, 1.82) is 5.26 Å². The highest BCUT2D eigenvalue weighted by molar-refractivity contribution is 5.67. The van der Waals surface area contributed by atoms with Gasteiger partial charge in [0.15, 0.2) is 0 Å². The number of esters is 1. The van der Waals surface area contributed by atoms with Crippen LogP contribution in [0.3, 0.4) is 0 Å². The summed E-state index contributed by atoms with van der Waals surface area (Å²) in [6.07, 6.45) is 0.438. The lowest BCUT2D eigenvalue weighted by atomic mass is 9.92. The Bertz CT molecular complexity index is 380. The van der Waals surface area contributed by atoms with E-state index in [-0.39, 0.29) is 0 Å². The van der Waals surface area contributed by atoms with Gasteiger partial charge in [-0.1, -0.05) is 37.3 Å². The van der Waals surface area contributed by atoms with Crippen molar-refractivity contribution in [2.75, 3.05) is 0 Å². The summed E-state index contributed by atoms with van der Waals surface area (Å²) < 4.78 is 5.12. The van der Waals surface area contributed by atoms with Gasteiger partial charge in [0.25, 0.3) is 0 Å². The zero-order chi connectivity index (χ0) is 11.3. The Kier molecular flexibility index (Phi) is 3.46. The van der Waals surface area contributed by atoms with E-state index in [0.717, 1.165) is 0 Å². The number of benzene rings is 1. The average Bonchev–Trinajstić information content (AvgIpc) is 2.27. The molecule has 0 fully saturated rings. The van der Waals surface area contributed by atoms with Gasteiger partial charge in [-0.25, -0.2) is 0 Å². The number of carbonyl (C=O) groups excluding carboxylic acids is 1. The zero-order valence-corrected chi connectivity index (χ0v) is 8.86. The third-order valence-electron chi connectivity index (χ3n) is 2.24. The van der Waals surface area contributed by atoms with Crippen LogP contribution < -0.4 is 0 Å². The Hall–Kier alpha value is -1.82. The molecule has 1 rings (SSSR count). The molecule has 0 aromatic heterocycles. The van der Waals surface area contributed by atoms with E-state index in [4.69, 9.17) is 10.00 Å². The highest BCUT2D eigenvalue weighted by Gasteiger charge is 2.33. The third-order valence-corrected chi connectivity index (χ3v) is 2.24. The Morgan fingerprint density at radius 3 is 2.47 bits per heavy atom. The number of hydrogen-bond acceptors (Lipinski definition) is 3. The standard InChI is InChI=1S/C12H13NO2/c1-3-12(9-13,15-10(2)14)11-7-5-4-6-8-11/h4-8H,3H2,1-2H3/t12-/m1/s1. The predicted molar refractivity (Wildman–Crippen MR) is 55.8 cm³/mol. The highest BCUT2D eigenvalue weighted by Crippen LogP contribution is 2.28. The van der Waals surface area contributed by atoms with Gasteiger partial charge >= 0.3 is 5.97 Å². The van der Waals surface area contributed by atoms with Gasteiger partial charge in [0, 0.05) is 18.9 Å². The largest absolute Gasteiger partial charge is 0.439 e. The molecule has 0 saturated carbocycles. The van der Waals surface area contributed by atoms with Gasteiger partial charge < -0.3 is 4.74 Å². The number of nitriles is 1. The maximum absolute atomic E-state index is 11.0. The molecule has 3 heteroatoms. The smallest absolute Gasteiger partial charge is 0.304 e. The molecule has 3 nitrogen and oxygen atoms in total. The van der Waals surface area contributed by atoms with Crippen LogP contribution in [0.1, 0.15) is 25.8 Å². The molecule has 0 saturated heterocycles. The van der Waals surface area contributed by atoms with Crippen LogP contribution >= 0.6 is 0 Å². The van der Waals surface area contributed by atoms with Crippen molar-refractivity contribution in [3.63, 3.8) is 0 Å². The van der Waals surface area contributed by atoms with Gasteiger partial charge in [0.05, 0.1) is 0 Å². The molecule has 0 aliphatic heterocycles. The quantitative estimate of drug-likeness (QED) is 0.708. The van der Waals surface area contributed by atoms with Crippen molar-refractivity contribution in [3.05, 3.63) is 35.9 Å². The van der Waals surface area contributed by atoms with E-state index < -0.39 is 11.6 Å². The van der Waals surface area contributed by atoms with Crippen molar-refractivity contribution in [3.8, 4) is 6.07 Å². The second-order valence-corrected chi connectivity index (χ2v) is 3.25.